The van der Waals surface area contributed by atoms with Gasteiger partial charge in [-0.2, -0.15) is 0 Å². The summed E-state index contributed by atoms with van der Waals surface area (Å²) in [6.45, 7) is 5.50. The number of hydrogen-bond donors (Lipinski definition) is 1. The standard InChI is InChI=1S/C11H17N3O2S/c1-9(11-12-2-7-17-11)13-10(15)8-14-3-5-16-6-4-14/h2,7,9H,3-6,8H2,1H3,(H,13,15). The zero-order valence-corrected chi connectivity index (χ0v) is 10.7. The van der Waals surface area contributed by atoms with E-state index < -0.39 is 0 Å². The molecule has 0 aliphatic carbocycles. The summed E-state index contributed by atoms with van der Waals surface area (Å²) >= 11 is 1.56. The number of ether oxygens (including phenoxy) is 1. The van der Waals surface area contributed by atoms with Crippen molar-refractivity contribution in [2.24, 2.45) is 0 Å². The number of nitrogens with one attached hydrogen (secondary N) is 1. The number of thiazole rings is 1. The molecule has 0 spiro atoms. The van der Waals surface area contributed by atoms with E-state index in [1.165, 1.54) is 0 Å². The van der Waals surface area contributed by atoms with Gasteiger partial charge < -0.3 is 10.1 Å². The first-order valence-electron chi connectivity index (χ1n) is 5.74. The van der Waals surface area contributed by atoms with Crippen molar-refractivity contribution >= 4 is 17.2 Å². The smallest absolute Gasteiger partial charge is 0.234 e. The third kappa shape index (κ3) is 3.76. The first-order valence-corrected chi connectivity index (χ1v) is 6.62. The van der Waals surface area contributed by atoms with E-state index in [2.05, 4.69) is 15.2 Å². The Balaban J connectivity index is 1.76. The summed E-state index contributed by atoms with van der Waals surface area (Å²) in [4.78, 5) is 18.1. The van der Waals surface area contributed by atoms with Crippen LogP contribution in [0.1, 0.15) is 18.0 Å². The summed E-state index contributed by atoms with van der Waals surface area (Å²) in [5.74, 6) is 0.0506. The van der Waals surface area contributed by atoms with Crippen molar-refractivity contribution < 1.29 is 9.53 Å². The fourth-order valence-corrected chi connectivity index (χ4v) is 2.41. The third-order valence-electron chi connectivity index (χ3n) is 2.67. The molecule has 1 saturated heterocycles. The van der Waals surface area contributed by atoms with Crippen molar-refractivity contribution in [3.63, 3.8) is 0 Å². The molecule has 1 aromatic heterocycles. The van der Waals surface area contributed by atoms with Crippen LogP contribution >= 0.6 is 11.3 Å². The second-order valence-electron chi connectivity index (χ2n) is 4.05. The van der Waals surface area contributed by atoms with E-state index in [1.807, 2.05) is 12.3 Å². The van der Waals surface area contributed by atoms with Crippen LogP contribution in [0.2, 0.25) is 0 Å². The normalized spacial score (nSPS) is 18.9. The quantitative estimate of drug-likeness (QED) is 0.858. The topological polar surface area (TPSA) is 54.5 Å². The van der Waals surface area contributed by atoms with Gasteiger partial charge >= 0.3 is 0 Å². The van der Waals surface area contributed by atoms with Gasteiger partial charge in [-0.25, -0.2) is 4.98 Å². The van der Waals surface area contributed by atoms with Gasteiger partial charge in [0, 0.05) is 24.7 Å². The highest BCUT2D eigenvalue weighted by Crippen LogP contribution is 2.14. The highest BCUT2D eigenvalue weighted by atomic mass is 32.1. The minimum absolute atomic E-state index is 0.0106. The highest BCUT2D eigenvalue weighted by molar-refractivity contribution is 7.09. The van der Waals surface area contributed by atoms with Crippen LogP contribution in [0, 0.1) is 0 Å². The molecule has 1 N–H and O–H groups in total. The number of morpholine rings is 1. The lowest BCUT2D eigenvalue weighted by Crippen LogP contribution is -2.43. The summed E-state index contributed by atoms with van der Waals surface area (Å²) in [6, 6.07) is -0.0106. The molecular formula is C11H17N3O2S. The molecule has 17 heavy (non-hydrogen) atoms. The van der Waals surface area contributed by atoms with E-state index in [-0.39, 0.29) is 11.9 Å². The molecule has 1 fully saturated rings. The average molecular weight is 255 g/mol. The molecule has 0 saturated carbocycles. The fourth-order valence-electron chi connectivity index (χ4n) is 1.76. The minimum atomic E-state index is -0.0106. The van der Waals surface area contributed by atoms with Crippen molar-refractivity contribution in [3.8, 4) is 0 Å². The van der Waals surface area contributed by atoms with E-state index >= 15 is 0 Å². The van der Waals surface area contributed by atoms with Crippen LogP contribution in [0.5, 0.6) is 0 Å². The van der Waals surface area contributed by atoms with E-state index in [1.54, 1.807) is 17.5 Å². The fraction of sp³-hybridized carbons (Fsp3) is 0.636. The third-order valence-corrected chi connectivity index (χ3v) is 3.63. The summed E-state index contributed by atoms with van der Waals surface area (Å²) in [5.41, 5.74) is 0. The molecule has 6 heteroatoms. The molecule has 5 nitrogen and oxygen atoms in total. The molecule has 1 atom stereocenters. The largest absolute Gasteiger partial charge is 0.379 e. The Morgan fingerprint density at radius 1 is 1.65 bits per heavy atom. The van der Waals surface area contributed by atoms with Crippen LogP contribution in [0.4, 0.5) is 0 Å². The van der Waals surface area contributed by atoms with Gasteiger partial charge in [-0.3, -0.25) is 9.69 Å². The van der Waals surface area contributed by atoms with Crippen molar-refractivity contribution in [2.75, 3.05) is 32.8 Å². The number of hydrogen-bond acceptors (Lipinski definition) is 5. The average Bonchev–Trinajstić information content (AvgIpc) is 2.83. The Morgan fingerprint density at radius 2 is 2.41 bits per heavy atom. The Labute approximate surface area is 105 Å². The van der Waals surface area contributed by atoms with E-state index in [4.69, 9.17) is 4.74 Å². The molecule has 0 bridgehead atoms. The Kier molecular flexibility index (Phi) is 4.47. The number of carbonyl (C=O) groups excluding carboxylic acids is 1. The lowest BCUT2D eigenvalue weighted by atomic mass is 10.3. The second-order valence-corrected chi connectivity index (χ2v) is 4.97. The first kappa shape index (κ1) is 12.5. The van der Waals surface area contributed by atoms with Crippen molar-refractivity contribution in [1.82, 2.24) is 15.2 Å². The maximum Gasteiger partial charge on any atom is 0.234 e. The van der Waals surface area contributed by atoms with Gasteiger partial charge in [0.25, 0.3) is 0 Å². The summed E-state index contributed by atoms with van der Waals surface area (Å²) < 4.78 is 5.24. The van der Waals surface area contributed by atoms with Gasteiger partial charge in [0.15, 0.2) is 0 Å². The molecule has 1 amide bonds. The lowest BCUT2D eigenvalue weighted by molar-refractivity contribution is -0.123. The van der Waals surface area contributed by atoms with Crippen molar-refractivity contribution in [1.29, 1.82) is 0 Å². The van der Waals surface area contributed by atoms with Gasteiger partial charge in [0.2, 0.25) is 5.91 Å². The summed E-state index contributed by atoms with van der Waals surface area (Å²) in [6.07, 6.45) is 1.75. The first-order chi connectivity index (χ1) is 8.25. The molecular weight excluding hydrogens is 238 g/mol. The maximum atomic E-state index is 11.8. The molecule has 2 rings (SSSR count). The minimum Gasteiger partial charge on any atom is -0.379 e. The van der Waals surface area contributed by atoms with Crippen LogP contribution in [-0.2, 0) is 9.53 Å². The van der Waals surface area contributed by atoms with Crippen LogP contribution in [0.25, 0.3) is 0 Å². The van der Waals surface area contributed by atoms with Gasteiger partial charge in [0.05, 0.1) is 25.8 Å². The Bertz CT molecular complexity index is 350. The highest BCUT2D eigenvalue weighted by Gasteiger charge is 2.16. The predicted octanol–water partition coefficient (Wildman–Crippen LogP) is 0.653. The second kappa shape index (κ2) is 6.09. The number of aromatic nitrogens is 1. The Morgan fingerprint density at radius 3 is 3.06 bits per heavy atom. The van der Waals surface area contributed by atoms with Crippen molar-refractivity contribution in [2.45, 2.75) is 13.0 Å². The van der Waals surface area contributed by atoms with Crippen LogP contribution in [0.15, 0.2) is 11.6 Å². The monoisotopic (exact) mass is 255 g/mol. The van der Waals surface area contributed by atoms with E-state index in [0.29, 0.717) is 6.54 Å². The molecule has 1 aromatic rings. The Hall–Kier alpha value is -0.980. The number of nitrogens with zero attached hydrogens (tertiary/aromatic N) is 2. The van der Waals surface area contributed by atoms with Gasteiger partial charge in [-0.05, 0) is 6.92 Å². The van der Waals surface area contributed by atoms with Gasteiger partial charge in [-0.15, -0.1) is 11.3 Å². The molecule has 1 aliphatic heterocycles. The molecule has 94 valence electrons. The number of rotatable bonds is 4. The van der Waals surface area contributed by atoms with Crippen molar-refractivity contribution in [3.05, 3.63) is 16.6 Å². The number of amides is 1. The maximum absolute atomic E-state index is 11.8. The predicted molar refractivity (Wildman–Crippen MR) is 65.9 cm³/mol. The number of carbonyl (C=O) groups is 1. The molecule has 1 unspecified atom stereocenters. The summed E-state index contributed by atoms with van der Waals surface area (Å²) in [7, 11) is 0. The molecule has 0 aromatic carbocycles. The van der Waals surface area contributed by atoms with E-state index in [9.17, 15) is 4.79 Å². The van der Waals surface area contributed by atoms with Crippen LogP contribution in [0.3, 0.4) is 0 Å². The van der Waals surface area contributed by atoms with Crippen LogP contribution in [-0.4, -0.2) is 48.6 Å². The van der Waals surface area contributed by atoms with Crippen LogP contribution < -0.4 is 5.32 Å². The molecule has 0 radical (unpaired) electrons. The zero-order valence-electron chi connectivity index (χ0n) is 9.89. The van der Waals surface area contributed by atoms with E-state index in [0.717, 1.165) is 31.3 Å². The zero-order chi connectivity index (χ0) is 12.1. The lowest BCUT2D eigenvalue weighted by Gasteiger charge is -2.26. The molecule has 2 heterocycles. The summed E-state index contributed by atoms with van der Waals surface area (Å²) in [5, 5.41) is 5.82. The van der Waals surface area contributed by atoms with Gasteiger partial charge in [0.1, 0.15) is 5.01 Å². The van der Waals surface area contributed by atoms with Gasteiger partial charge in [-0.1, -0.05) is 0 Å². The molecule has 1 aliphatic rings. The SMILES string of the molecule is CC(NC(=O)CN1CCOCC1)c1nccs1.